The van der Waals surface area contributed by atoms with E-state index < -0.39 is 11.6 Å². The van der Waals surface area contributed by atoms with Crippen LogP contribution in [-0.2, 0) is 0 Å². The Kier molecular flexibility index (Phi) is 2.29. The van der Waals surface area contributed by atoms with Gasteiger partial charge in [0.05, 0.1) is 16.8 Å². The van der Waals surface area contributed by atoms with Gasteiger partial charge < -0.3 is 11.5 Å². The van der Waals surface area contributed by atoms with Gasteiger partial charge in [0, 0.05) is 0 Å². The zero-order chi connectivity index (χ0) is 11.1. The summed E-state index contributed by atoms with van der Waals surface area (Å²) in [5.74, 6) is 0. The third kappa shape index (κ3) is 1.58. The van der Waals surface area contributed by atoms with E-state index in [1.165, 1.54) is 0 Å². The second kappa shape index (κ2) is 2.93. The Bertz CT molecular complexity index is 315. The Labute approximate surface area is 80.5 Å². The minimum Gasteiger partial charge on any atom is -0.397 e. The molecule has 0 aromatic carbocycles. The average molecular weight is 206 g/mol. The zero-order valence-electron chi connectivity index (χ0n) is 8.07. The van der Waals surface area contributed by atoms with Gasteiger partial charge in [0.1, 0.15) is 0 Å². The lowest BCUT2D eigenvalue weighted by atomic mass is 9.78. The predicted molar refractivity (Wildman–Crippen MR) is 47.9 cm³/mol. The first-order valence-electron chi connectivity index (χ1n) is 4.18. The van der Waals surface area contributed by atoms with Crippen LogP contribution in [0.4, 0.5) is 13.2 Å². The van der Waals surface area contributed by atoms with Gasteiger partial charge in [-0.15, -0.1) is 0 Å². The summed E-state index contributed by atoms with van der Waals surface area (Å²) in [6.07, 6.45) is -3.42. The largest absolute Gasteiger partial charge is 0.397 e. The summed E-state index contributed by atoms with van der Waals surface area (Å²) in [6.45, 7) is 2.69. The van der Waals surface area contributed by atoms with E-state index in [0.29, 0.717) is 5.57 Å². The summed E-state index contributed by atoms with van der Waals surface area (Å²) >= 11 is 0. The standard InChI is InChI=1S/C9H13F3N2/c1-5-3-8(2,9(10,11)12)4-6(13)7(5)14/h4H,3,13-14H2,1-2H3. The van der Waals surface area contributed by atoms with Crippen LogP contribution in [0.5, 0.6) is 0 Å². The quantitative estimate of drug-likeness (QED) is 0.637. The summed E-state index contributed by atoms with van der Waals surface area (Å²) in [6, 6.07) is 0. The van der Waals surface area contributed by atoms with Gasteiger partial charge in [-0.1, -0.05) is 0 Å². The normalized spacial score (nSPS) is 29.1. The lowest BCUT2D eigenvalue weighted by Crippen LogP contribution is -2.37. The second-order valence-electron chi connectivity index (χ2n) is 3.89. The molecule has 14 heavy (non-hydrogen) atoms. The second-order valence-corrected chi connectivity index (χ2v) is 3.89. The fourth-order valence-corrected chi connectivity index (χ4v) is 1.55. The van der Waals surface area contributed by atoms with E-state index >= 15 is 0 Å². The molecule has 0 radical (unpaired) electrons. The molecular formula is C9H13F3N2. The molecule has 1 unspecified atom stereocenters. The minimum absolute atomic E-state index is 0.0218. The van der Waals surface area contributed by atoms with Crippen LogP contribution in [0.15, 0.2) is 23.0 Å². The first-order valence-corrected chi connectivity index (χ1v) is 4.18. The van der Waals surface area contributed by atoms with Crippen LogP contribution in [0.2, 0.25) is 0 Å². The molecule has 1 aliphatic carbocycles. The number of allylic oxidation sites excluding steroid dienone is 2. The van der Waals surface area contributed by atoms with Gasteiger partial charge in [-0.3, -0.25) is 0 Å². The maximum atomic E-state index is 12.6. The molecule has 0 fully saturated rings. The highest BCUT2D eigenvalue weighted by molar-refractivity contribution is 5.37. The molecule has 0 bridgehead atoms. The molecule has 5 heteroatoms. The van der Waals surface area contributed by atoms with Crippen molar-refractivity contribution in [3.05, 3.63) is 23.0 Å². The maximum Gasteiger partial charge on any atom is 0.397 e. The Morgan fingerprint density at radius 2 is 1.86 bits per heavy atom. The molecule has 0 saturated heterocycles. The fourth-order valence-electron chi connectivity index (χ4n) is 1.55. The molecule has 1 atom stereocenters. The Hall–Kier alpha value is -1.13. The van der Waals surface area contributed by atoms with E-state index in [1.54, 1.807) is 6.92 Å². The van der Waals surface area contributed by atoms with Crippen LogP contribution in [-0.4, -0.2) is 6.18 Å². The number of hydrogen-bond donors (Lipinski definition) is 2. The van der Waals surface area contributed by atoms with Gasteiger partial charge in [0.15, 0.2) is 0 Å². The summed E-state index contributed by atoms with van der Waals surface area (Å²) in [7, 11) is 0. The topological polar surface area (TPSA) is 52.0 Å². The van der Waals surface area contributed by atoms with Crippen molar-refractivity contribution in [3.8, 4) is 0 Å². The highest BCUT2D eigenvalue weighted by Crippen LogP contribution is 2.46. The Morgan fingerprint density at radius 1 is 1.36 bits per heavy atom. The lowest BCUT2D eigenvalue weighted by Gasteiger charge is -2.33. The van der Waals surface area contributed by atoms with Crippen molar-refractivity contribution in [2.24, 2.45) is 16.9 Å². The molecule has 80 valence electrons. The molecule has 1 rings (SSSR count). The molecule has 1 aliphatic rings. The van der Waals surface area contributed by atoms with Crippen LogP contribution in [0, 0.1) is 5.41 Å². The van der Waals surface area contributed by atoms with Crippen molar-refractivity contribution in [2.45, 2.75) is 26.4 Å². The highest BCUT2D eigenvalue weighted by atomic mass is 19.4. The molecular weight excluding hydrogens is 193 g/mol. The highest BCUT2D eigenvalue weighted by Gasteiger charge is 2.50. The van der Waals surface area contributed by atoms with E-state index in [4.69, 9.17) is 11.5 Å². The summed E-state index contributed by atoms with van der Waals surface area (Å²) < 4.78 is 37.9. The Balaban J connectivity index is 3.13. The van der Waals surface area contributed by atoms with Crippen LogP contribution < -0.4 is 11.5 Å². The summed E-state index contributed by atoms with van der Waals surface area (Å²) in [4.78, 5) is 0. The number of halogens is 3. The average Bonchev–Trinajstić information content (AvgIpc) is 1.98. The molecule has 0 aromatic rings. The summed E-state index contributed by atoms with van der Waals surface area (Å²) in [5, 5.41) is 0. The molecule has 0 aromatic heterocycles. The zero-order valence-corrected chi connectivity index (χ0v) is 8.07. The fraction of sp³-hybridized carbons (Fsp3) is 0.556. The number of alkyl halides is 3. The smallest absolute Gasteiger partial charge is 0.397 e. The molecule has 0 saturated carbocycles. The molecule has 0 spiro atoms. The van der Waals surface area contributed by atoms with Gasteiger partial charge in [-0.2, -0.15) is 13.2 Å². The van der Waals surface area contributed by atoms with Gasteiger partial charge >= 0.3 is 6.18 Å². The van der Waals surface area contributed by atoms with E-state index in [2.05, 4.69) is 0 Å². The first-order chi connectivity index (χ1) is 6.17. The molecule has 0 amide bonds. The van der Waals surface area contributed by atoms with E-state index in [0.717, 1.165) is 13.0 Å². The third-order valence-electron chi connectivity index (χ3n) is 2.52. The van der Waals surface area contributed by atoms with Crippen molar-refractivity contribution in [2.75, 3.05) is 0 Å². The molecule has 0 aliphatic heterocycles. The van der Waals surface area contributed by atoms with Crippen molar-refractivity contribution in [1.29, 1.82) is 0 Å². The van der Waals surface area contributed by atoms with E-state index in [-0.39, 0.29) is 17.8 Å². The van der Waals surface area contributed by atoms with Crippen molar-refractivity contribution >= 4 is 0 Å². The van der Waals surface area contributed by atoms with Crippen LogP contribution in [0.3, 0.4) is 0 Å². The number of rotatable bonds is 0. The molecule has 0 heterocycles. The monoisotopic (exact) mass is 206 g/mol. The van der Waals surface area contributed by atoms with Crippen molar-refractivity contribution in [3.63, 3.8) is 0 Å². The maximum absolute atomic E-state index is 12.6. The molecule has 4 N–H and O–H groups in total. The van der Waals surface area contributed by atoms with Gasteiger partial charge in [0.25, 0.3) is 0 Å². The first kappa shape index (κ1) is 10.9. The van der Waals surface area contributed by atoms with Crippen LogP contribution >= 0.6 is 0 Å². The SMILES string of the molecule is CC1=C(N)C(N)=CC(C)(C(F)(F)F)C1. The number of hydrogen-bond acceptors (Lipinski definition) is 2. The van der Waals surface area contributed by atoms with Gasteiger partial charge in [-0.25, -0.2) is 0 Å². The minimum atomic E-state index is -4.29. The van der Waals surface area contributed by atoms with E-state index in [9.17, 15) is 13.2 Å². The van der Waals surface area contributed by atoms with Crippen molar-refractivity contribution < 1.29 is 13.2 Å². The van der Waals surface area contributed by atoms with Gasteiger partial charge in [0.2, 0.25) is 0 Å². The van der Waals surface area contributed by atoms with Gasteiger partial charge in [-0.05, 0) is 31.9 Å². The van der Waals surface area contributed by atoms with Crippen LogP contribution in [0.1, 0.15) is 20.3 Å². The lowest BCUT2D eigenvalue weighted by molar-refractivity contribution is -0.200. The van der Waals surface area contributed by atoms with Crippen LogP contribution in [0.25, 0.3) is 0 Å². The van der Waals surface area contributed by atoms with E-state index in [1.807, 2.05) is 0 Å². The predicted octanol–water partition coefficient (Wildman–Crippen LogP) is 2.03. The molecule has 2 nitrogen and oxygen atoms in total. The van der Waals surface area contributed by atoms with Crippen molar-refractivity contribution in [1.82, 2.24) is 0 Å². The number of nitrogens with two attached hydrogens (primary N) is 2. The Morgan fingerprint density at radius 3 is 2.21 bits per heavy atom. The summed E-state index contributed by atoms with van der Waals surface area (Å²) in [5.41, 5.74) is 9.82. The third-order valence-corrected chi connectivity index (χ3v) is 2.52.